The summed E-state index contributed by atoms with van der Waals surface area (Å²) >= 11 is 3.66. The largest absolute Gasteiger partial charge is 0.322 e. The summed E-state index contributed by atoms with van der Waals surface area (Å²) in [6.45, 7) is 7.39. The van der Waals surface area contributed by atoms with Crippen molar-refractivity contribution in [2.45, 2.75) is 13.1 Å². The van der Waals surface area contributed by atoms with Gasteiger partial charge in [0.2, 0.25) is 0 Å². The summed E-state index contributed by atoms with van der Waals surface area (Å²) in [6.07, 6.45) is 0. The monoisotopic (exact) mass is 346 g/mol. The Hall–Kier alpha value is -1.16. The summed E-state index contributed by atoms with van der Waals surface area (Å²) in [5.74, 6) is 0. The lowest BCUT2D eigenvalue weighted by Crippen LogP contribution is -3.27. The minimum absolute atomic E-state index is 1.14. The molecule has 110 valence electrons. The first-order valence-corrected chi connectivity index (χ1v) is 8.55. The second-order valence-corrected chi connectivity index (χ2v) is 6.78. The van der Waals surface area contributed by atoms with E-state index in [-0.39, 0.29) is 0 Å². The van der Waals surface area contributed by atoms with E-state index >= 15 is 0 Å². The average molecular weight is 347 g/mol. The van der Waals surface area contributed by atoms with Crippen molar-refractivity contribution in [1.82, 2.24) is 0 Å². The Bertz CT molecular complexity index is 562. The maximum Gasteiger partial charge on any atom is 0.127 e. The molecule has 1 saturated heterocycles. The maximum atomic E-state index is 3.66. The van der Waals surface area contributed by atoms with Crippen molar-refractivity contribution in [2.24, 2.45) is 0 Å². The van der Waals surface area contributed by atoms with Crippen molar-refractivity contribution in [3.8, 4) is 0 Å². The molecule has 0 spiro atoms. The number of halogens is 1. The molecule has 1 fully saturated rings. The molecule has 0 unspecified atom stereocenters. The number of benzene rings is 2. The van der Waals surface area contributed by atoms with Gasteiger partial charge in [0.25, 0.3) is 0 Å². The number of hydrogen-bond acceptors (Lipinski definition) is 0. The SMILES string of the molecule is Brc1ccccc1C[NH+]1CC[NH+](Cc2ccccc2)CC1. The second kappa shape index (κ2) is 7.21. The highest BCUT2D eigenvalue weighted by Crippen LogP contribution is 2.14. The van der Waals surface area contributed by atoms with Crippen molar-refractivity contribution < 1.29 is 9.80 Å². The highest BCUT2D eigenvalue weighted by atomic mass is 79.9. The molecule has 1 heterocycles. The standard InChI is InChI=1S/C18H21BrN2/c19-18-9-5-4-8-17(18)15-21-12-10-20(11-13-21)14-16-6-2-1-3-7-16/h1-9H,10-15H2/p+2. The van der Waals surface area contributed by atoms with E-state index in [1.54, 1.807) is 9.80 Å². The molecule has 0 amide bonds. The third-order valence-electron chi connectivity index (χ3n) is 4.36. The summed E-state index contributed by atoms with van der Waals surface area (Å²) in [4.78, 5) is 3.43. The van der Waals surface area contributed by atoms with Crippen LogP contribution in [-0.2, 0) is 13.1 Å². The first-order valence-electron chi connectivity index (χ1n) is 7.76. The van der Waals surface area contributed by atoms with E-state index in [2.05, 4.69) is 70.5 Å². The molecule has 0 saturated carbocycles. The molecule has 2 N–H and O–H groups in total. The van der Waals surface area contributed by atoms with Gasteiger partial charge in [0.15, 0.2) is 0 Å². The van der Waals surface area contributed by atoms with E-state index in [9.17, 15) is 0 Å². The molecule has 0 aliphatic carbocycles. The molecule has 3 rings (SSSR count). The summed E-state index contributed by atoms with van der Waals surface area (Å²) in [5.41, 5.74) is 2.89. The molecule has 0 aromatic heterocycles. The Balaban J connectivity index is 1.50. The fourth-order valence-corrected chi connectivity index (χ4v) is 3.53. The average Bonchev–Trinajstić information content (AvgIpc) is 2.52. The normalized spacial score (nSPS) is 22.1. The van der Waals surface area contributed by atoms with Crippen LogP contribution in [0.25, 0.3) is 0 Å². The molecule has 0 bridgehead atoms. The molecular formula is C18H23BrN2+2. The van der Waals surface area contributed by atoms with E-state index in [0.29, 0.717) is 0 Å². The minimum Gasteiger partial charge on any atom is -0.322 e. The summed E-state index contributed by atoms with van der Waals surface area (Å²) in [5, 5.41) is 0. The van der Waals surface area contributed by atoms with Gasteiger partial charge >= 0.3 is 0 Å². The first-order chi connectivity index (χ1) is 10.3. The first kappa shape index (κ1) is 14.8. The number of quaternary nitrogens is 2. The summed E-state index contributed by atoms with van der Waals surface area (Å²) in [6, 6.07) is 19.5. The van der Waals surface area contributed by atoms with Gasteiger partial charge < -0.3 is 9.80 Å². The Kier molecular flexibility index (Phi) is 5.07. The van der Waals surface area contributed by atoms with Gasteiger partial charge in [-0.25, -0.2) is 0 Å². The van der Waals surface area contributed by atoms with Crippen molar-refractivity contribution in [1.29, 1.82) is 0 Å². The smallest absolute Gasteiger partial charge is 0.127 e. The van der Waals surface area contributed by atoms with Crippen molar-refractivity contribution >= 4 is 15.9 Å². The summed E-state index contributed by atoms with van der Waals surface area (Å²) in [7, 11) is 0. The van der Waals surface area contributed by atoms with Crippen LogP contribution in [-0.4, -0.2) is 26.2 Å². The predicted molar refractivity (Wildman–Crippen MR) is 89.4 cm³/mol. The van der Waals surface area contributed by atoms with Gasteiger partial charge in [0, 0.05) is 15.6 Å². The fourth-order valence-electron chi connectivity index (χ4n) is 3.11. The van der Waals surface area contributed by atoms with Crippen LogP contribution in [0.2, 0.25) is 0 Å². The van der Waals surface area contributed by atoms with Crippen LogP contribution in [0.3, 0.4) is 0 Å². The third kappa shape index (κ3) is 4.16. The number of nitrogens with one attached hydrogen (secondary N) is 2. The van der Waals surface area contributed by atoms with Crippen LogP contribution in [0.4, 0.5) is 0 Å². The molecular weight excluding hydrogens is 324 g/mol. The molecule has 1 aliphatic rings. The van der Waals surface area contributed by atoms with Crippen LogP contribution in [0.5, 0.6) is 0 Å². The lowest BCUT2D eigenvalue weighted by Gasteiger charge is -2.30. The number of piperazine rings is 1. The fraction of sp³-hybridized carbons (Fsp3) is 0.333. The molecule has 2 aromatic carbocycles. The van der Waals surface area contributed by atoms with Gasteiger partial charge in [-0.3, -0.25) is 0 Å². The van der Waals surface area contributed by atoms with Crippen molar-refractivity contribution in [2.75, 3.05) is 26.2 Å². The lowest BCUT2D eigenvalue weighted by molar-refractivity contribution is -1.02. The van der Waals surface area contributed by atoms with Gasteiger partial charge in [0.05, 0.1) is 0 Å². The topological polar surface area (TPSA) is 8.88 Å². The van der Waals surface area contributed by atoms with E-state index < -0.39 is 0 Å². The van der Waals surface area contributed by atoms with E-state index in [0.717, 1.165) is 6.54 Å². The zero-order chi connectivity index (χ0) is 14.5. The molecule has 2 aromatic rings. The van der Waals surface area contributed by atoms with Gasteiger partial charge in [-0.15, -0.1) is 0 Å². The van der Waals surface area contributed by atoms with Gasteiger partial charge in [0.1, 0.15) is 39.3 Å². The molecule has 21 heavy (non-hydrogen) atoms. The van der Waals surface area contributed by atoms with E-state index in [4.69, 9.17) is 0 Å². The third-order valence-corrected chi connectivity index (χ3v) is 5.13. The van der Waals surface area contributed by atoms with Crippen molar-refractivity contribution in [3.63, 3.8) is 0 Å². The maximum absolute atomic E-state index is 3.66. The molecule has 3 heteroatoms. The molecule has 0 atom stereocenters. The molecule has 2 nitrogen and oxygen atoms in total. The quantitative estimate of drug-likeness (QED) is 0.815. The number of hydrogen-bond donors (Lipinski definition) is 2. The Labute approximate surface area is 135 Å². The molecule has 0 radical (unpaired) electrons. The highest BCUT2D eigenvalue weighted by molar-refractivity contribution is 9.10. The Morgan fingerprint density at radius 3 is 1.95 bits per heavy atom. The van der Waals surface area contributed by atoms with Crippen LogP contribution in [0.15, 0.2) is 59.1 Å². The highest BCUT2D eigenvalue weighted by Gasteiger charge is 2.23. The summed E-state index contributed by atoms with van der Waals surface area (Å²) < 4.78 is 1.25. The second-order valence-electron chi connectivity index (χ2n) is 5.93. The van der Waals surface area contributed by atoms with Crippen LogP contribution < -0.4 is 9.80 Å². The van der Waals surface area contributed by atoms with E-state index in [1.165, 1.54) is 48.3 Å². The zero-order valence-corrected chi connectivity index (χ0v) is 13.9. The zero-order valence-electron chi connectivity index (χ0n) is 12.3. The van der Waals surface area contributed by atoms with Crippen LogP contribution in [0.1, 0.15) is 11.1 Å². The van der Waals surface area contributed by atoms with Crippen LogP contribution >= 0.6 is 15.9 Å². The predicted octanol–water partition coefficient (Wildman–Crippen LogP) is 0.933. The van der Waals surface area contributed by atoms with Gasteiger partial charge in [-0.1, -0.05) is 64.5 Å². The minimum atomic E-state index is 1.14. The Morgan fingerprint density at radius 1 is 0.714 bits per heavy atom. The lowest BCUT2D eigenvalue weighted by atomic mass is 10.1. The molecule has 1 aliphatic heterocycles. The van der Waals surface area contributed by atoms with Gasteiger partial charge in [-0.2, -0.15) is 0 Å². The van der Waals surface area contributed by atoms with Gasteiger partial charge in [-0.05, 0) is 6.07 Å². The van der Waals surface area contributed by atoms with Crippen molar-refractivity contribution in [3.05, 3.63) is 70.2 Å². The number of rotatable bonds is 4. The van der Waals surface area contributed by atoms with E-state index in [1.807, 2.05) is 0 Å². The van der Waals surface area contributed by atoms with Crippen LogP contribution in [0, 0.1) is 0 Å². The Morgan fingerprint density at radius 2 is 1.29 bits per heavy atom.